The van der Waals surface area contributed by atoms with Crippen LogP contribution in [0.25, 0.3) is 11.0 Å². The van der Waals surface area contributed by atoms with Crippen LogP contribution < -0.4 is 14.6 Å². The zero-order valence-corrected chi connectivity index (χ0v) is 14.6. The molecule has 0 saturated heterocycles. The van der Waals surface area contributed by atoms with Crippen molar-refractivity contribution in [2.75, 3.05) is 6.61 Å². The monoisotopic (exact) mass is 399 g/mol. The maximum atomic E-state index is 12.8. The van der Waals surface area contributed by atoms with Gasteiger partial charge in [-0.2, -0.15) is 18.2 Å². The van der Waals surface area contributed by atoms with E-state index in [2.05, 4.69) is 9.97 Å². The van der Waals surface area contributed by atoms with Crippen molar-refractivity contribution >= 4 is 21.8 Å². The number of ether oxygens (including phenoxy) is 1. The van der Waals surface area contributed by atoms with Crippen LogP contribution in [-0.4, -0.2) is 31.7 Å². The standard InChI is InChI=1S/C16H12F3N3O4S/c1-9-10(20-6-5-12(9)24-8-16(17,18)19)7-27(23)15-21-14-11-3-2-4-13(14)25-26-22(11)15/h2-6H,7-8H2,1H3. The molecule has 0 spiro atoms. The van der Waals surface area contributed by atoms with Crippen molar-refractivity contribution in [3.05, 3.63) is 41.7 Å². The molecule has 0 N–H and O–H groups in total. The summed E-state index contributed by atoms with van der Waals surface area (Å²) in [5.74, 6) is 0.374. The first-order valence-corrected chi connectivity index (χ1v) is 9.04. The quantitative estimate of drug-likeness (QED) is 0.614. The van der Waals surface area contributed by atoms with Crippen LogP contribution in [-0.2, 0) is 16.6 Å². The Labute approximate surface area is 153 Å². The average Bonchev–Trinajstić information content (AvgIpc) is 2.86. The summed E-state index contributed by atoms with van der Waals surface area (Å²) >= 11 is 0. The van der Waals surface area contributed by atoms with E-state index in [1.165, 1.54) is 17.0 Å². The summed E-state index contributed by atoms with van der Waals surface area (Å²) in [7, 11) is -1.68. The zero-order valence-electron chi connectivity index (χ0n) is 13.8. The van der Waals surface area contributed by atoms with Gasteiger partial charge in [-0.15, -0.1) is 4.73 Å². The number of imidazole rings is 1. The molecule has 4 rings (SSSR count). The van der Waals surface area contributed by atoms with Gasteiger partial charge in [0.15, 0.2) is 6.61 Å². The normalized spacial score (nSPS) is 14.1. The predicted molar refractivity (Wildman–Crippen MR) is 87.6 cm³/mol. The molecule has 11 heteroatoms. The number of hydrogen-bond acceptors (Lipinski definition) is 6. The molecule has 3 heterocycles. The Balaban J connectivity index is 1.60. The Morgan fingerprint density at radius 2 is 2.11 bits per heavy atom. The molecule has 2 aromatic heterocycles. The van der Waals surface area contributed by atoms with E-state index < -0.39 is 23.6 Å². The summed E-state index contributed by atoms with van der Waals surface area (Å²) < 4.78 is 55.9. The number of pyridine rings is 1. The molecule has 3 aromatic rings. The molecule has 0 saturated carbocycles. The third kappa shape index (κ3) is 3.29. The molecule has 0 amide bonds. The topological polar surface area (TPSA) is 75.5 Å². The summed E-state index contributed by atoms with van der Waals surface area (Å²) in [5, 5.41) is 0.123. The van der Waals surface area contributed by atoms with E-state index in [0.717, 1.165) is 0 Å². The molecule has 7 nitrogen and oxygen atoms in total. The van der Waals surface area contributed by atoms with Crippen LogP contribution >= 0.6 is 0 Å². The summed E-state index contributed by atoms with van der Waals surface area (Å²) in [6, 6.07) is 6.49. The molecule has 1 aliphatic rings. The van der Waals surface area contributed by atoms with Crippen LogP contribution in [0.15, 0.2) is 35.6 Å². The van der Waals surface area contributed by atoms with Crippen molar-refractivity contribution in [1.29, 1.82) is 0 Å². The highest BCUT2D eigenvalue weighted by molar-refractivity contribution is 7.84. The molecule has 0 aliphatic carbocycles. The molecule has 0 radical (unpaired) electrons. The van der Waals surface area contributed by atoms with Gasteiger partial charge in [-0.3, -0.25) is 14.1 Å². The lowest BCUT2D eigenvalue weighted by Crippen LogP contribution is -2.21. The van der Waals surface area contributed by atoms with Crippen molar-refractivity contribution in [3.63, 3.8) is 0 Å². The van der Waals surface area contributed by atoms with Gasteiger partial charge in [0.2, 0.25) is 10.9 Å². The Kier molecular flexibility index (Phi) is 4.17. The van der Waals surface area contributed by atoms with Gasteiger partial charge in [-0.25, -0.2) is 4.98 Å². The number of benzene rings is 1. The minimum atomic E-state index is -4.45. The number of halogens is 3. The van der Waals surface area contributed by atoms with Gasteiger partial charge < -0.3 is 4.74 Å². The Bertz CT molecular complexity index is 1050. The number of nitrogens with zero attached hydrogens (tertiary/aromatic N) is 3. The minimum Gasteiger partial charge on any atom is -0.484 e. The maximum Gasteiger partial charge on any atom is 0.422 e. The van der Waals surface area contributed by atoms with E-state index >= 15 is 0 Å². The summed E-state index contributed by atoms with van der Waals surface area (Å²) in [6.07, 6.45) is -3.14. The van der Waals surface area contributed by atoms with E-state index in [0.29, 0.717) is 28.0 Å². The van der Waals surface area contributed by atoms with Crippen LogP contribution in [0, 0.1) is 6.92 Å². The molecule has 142 valence electrons. The number of para-hydroxylation sites is 1. The lowest BCUT2D eigenvalue weighted by atomic mass is 10.2. The highest BCUT2D eigenvalue weighted by Crippen LogP contribution is 2.31. The minimum absolute atomic E-state index is 0.0361. The van der Waals surface area contributed by atoms with Gasteiger partial charge in [0, 0.05) is 11.8 Å². The fourth-order valence-electron chi connectivity index (χ4n) is 2.60. The lowest BCUT2D eigenvalue weighted by Gasteiger charge is -2.14. The van der Waals surface area contributed by atoms with Crippen LogP contribution in [0.3, 0.4) is 0 Å². The largest absolute Gasteiger partial charge is 0.484 e. The average molecular weight is 399 g/mol. The van der Waals surface area contributed by atoms with E-state index in [-0.39, 0.29) is 16.7 Å². The molecule has 1 aliphatic heterocycles. The second-order valence-corrected chi connectivity index (χ2v) is 7.09. The Morgan fingerprint density at radius 3 is 2.85 bits per heavy atom. The summed E-state index contributed by atoms with van der Waals surface area (Å²) in [4.78, 5) is 18.6. The fourth-order valence-corrected chi connectivity index (χ4v) is 3.78. The first-order chi connectivity index (χ1) is 12.8. The molecule has 4 bridgehead atoms. The lowest BCUT2D eigenvalue weighted by molar-refractivity contribution is -0.212. The van der Waals surface area contributed by atoms with E-state index in [4.69, 9.17) is 14.6 Å². The molecule has 1 aromatic carbocycles. The van der Waals surface area contributed by atoms with Crippen LogP contribution in [0.2, 0.25) is 0 Å². The van der Waals surface area contributed by atoms with E-state index in [1.807, 2.05) is 0 Å². The summed E-state index contributed by atoms with van der Waals surface area (Å²) in [5.41, 5.74) is 1.84. The Morgan fingerprint density at radius 1 is 1.30 bits per heavy atom. The van der Waals surface area contributed by atoms with Gasteiger partial charge in [0.1, 0.15) is 16.8 Å². The maximum absolute atomic E-state index is 12.8. The van der Waals surface area contributed by atoms with Crippen LogP contribution in [0.4, 0.5) is 13.2 Å². The van der Waals surface area contributed by atoms with Crippen molar-refractivity contribution in [1.82, 2.24) is 14.7 Å². The van der Waals surface area contributed by atoms with Gasteiger partial charge in [0.25, 0.3) is 0 Å². The molecule has 27 heavy (non-hydrogen) atoms. The third-order valence-corrected chi connectivity index (χ3v) is 5.10. The van der Waals surface area contributed by atoms with Gasteiger partial charge in [-0.05, 0) is 25.1 Å². The number of alkyl halides is 3. The van der Waals surface area contributed by atoms with Gasteiger partial charge in [-0.1, -0.05) is 6.07 Å². The highest BCUT2D eigenvalue weighted by Gasteiger charge is 2.29. The van der Waals surface area contributed by atoms with Crippen molar-refractivity contribution < 1.29 is 32.0 Å². The SMILES string of the molecule is Cc1c(OCC(F)(F)F)ccnc1CS(=O)c1nc2c3cccc2n1OO3. The third-order valence-electron chi connectivity index (χ3n) is 3.90. The molecule has 0 fully saturated rings. The van der Waals surface area contributed by atoms with Gasteiger partial charge in [0.05, 0.1) is 22.2 Å². The number of aromatic nitrogens is 3. The highest BCUT2D eigenvalue weighted by atomic mass is 32.2. The number of hydrogen-bond donors (Lipinski definition) is 0. The van der Waals surface area contributed by atoms with Crippen LogP contribution in [0.5, 0.6) is 11.5 Å². The fraction of sp³-hybridized carbons (Fsp3) is 0.250. The first-order valence-electron chi connectivity index (χ1n) is 7.72. The first kappa shape index (κ1) is 17.6. The zero-order chi connectivity index (χ0) is 19.2. The molecule has 1 unspecified atom stereocenters. The summed E-state index contributed by atoms with van der Waals surface area (Å²) in [6.45, 7) is 0.147. The van der Waals surface area contributed by atoms with Crippen molar-refractivity contribution in [2.24, 2.45) is 0 Å². The predicted octanol–water partition coefficient (Wildman–Crippen LogP) is 2.72. The van der Waals surface area contributed by atoms with Crippen molar-refractivity contribution in [3.8, 4) is 11.5 Å². The second-order valence-electron chi connectivity index (χ2n) is 5.74. The van der Waals surface area contributed by atoms with Crippen LogP contribution in [0.1, 0.15) is 11.3 Å². The second kappa shape index (κ2) is 6.41. The molecule has 1 atom stereocenters. The van der Waals surface area contributed by atoms with E-state index in [9.17, 15) is 17.4 Å². The van der Waals surface area contributed by atoms with E-state index in [1.54, 1.807) is 25.1 Å². The molecular formula is C16H12F3N3O4S. The Hall–Kier alpha value is -2.82. The molecular weight excluding hydrogens is 387 g/mol. The number of rotatable bonds is 5. The van der Waals surface area contributed by atoms with Gasteiger partial charge >= 0.3 is 6.18 Å². The smallest absolute Gasteiger partial charge is 0.422 e. The van der Waals surface area contributed by atoms with Crippen molar-refractivity contribution in [2.45, 2.75) is 24.0 Å².